The highest BCUT2D eigenvalue weighted by Gasteiger charge is 2.37. The van der Waals surface area contributed by atoms with Gasteiger partial charge in [-0.15, -0.1) is 5.92 Å². The molecule has 0 aliphatic carbocycles. The molecule has 0 aromatic carbocycles. The molecule has 92 valence electrons. The van der Waals surface area contributed by atoms with Crippen LogP contribution in [0.2, 0.25) is 0 Å². The Morgan fingerprint density at radius 2 is 1.94 bits per heavy atom. The average molecular weight is 228 g/mol. The van der Waals surface area contributed by atoms with Crippen molar-refractivity contribution in [1.82, 2.24) is 0 Å². The van der Waals surface area contributed by atoms with Gasteiger partial charge in [-0.05, 0) is 19.8 Å². The fourth-order valence-corrected chi connectivity index (χ4v) is 1.51. The van der Waals surface area contributed by atoms with Crippen molar-refractivity contribution in [2.75, 3.05) is 0 Å². The molecule has 0 aromatic rings. The number of halogens is 1. The van der Waals surface area contributed by atoms with E-state index in [1.165, 1.54) is 0 Å². The number of alkyl halides is 1. The van der Waals surface area contributed by atoms with Crippen molar-refractivity contribution in [3.8, 4) is 11.8 Å². The molecule has 0 amide bonds. The molecule has 0 bridgehead atoms. The molecule has 0 saturated carbocycles. The molecular weight excluding hydrogens is 207 g/mol. The third-order valence-electron chi connectivity index (χ3n) is 2.61. The van der Waals surface area contributed by atoms with Gasteiger partial charge in [0, 0.05) is 0 Å². The Labute approximate surface area is 97.2 Å². The smallest absolute Gasteiger partial charge is 0.342 e. The van der Waals surface area contributed by atoms with Gasteiger partial charge in [0.2, 0.25) is 5.67 Å². The van der Waals surface area contributed by atoms with Gasteiger partial charge in [0.05, 0.1) is 6.42 Å². The standard InChI is InChI=1S/C13H21FO2/c1-3-5-7-8-9-11-13(14,12(15)16)10-6-4-2/h3,5,7-11H2,1-2H3,(H,15,16). The average Bonchev–Trinajstić information content (AvgIpc) is 2.26. The van der Waals surface area contributed by atoms with Crippen molar-refractivity contribution >= 4 is 5.97 Å². The van der Waals surface area contributed by atoms with Crippen LogP contribution in [0.4, 0.5) is 4.39 Å². The van der Waals surface area contributed by atoms with Crippen LogP contribution in [0.1, 0.15) is 58.8 Å². The predicted molar refractivity (Wildman–Crippen MR) is 62.9 cm³/mol. The summed E-state index contributed by atoms with van der Waals surface area (Å²) < 4.78 is 13.9. The summed E-state index contributed by atoms with van der Waals surface area (Å²) in [5.74, 6) is 3.67. The quantitative estimate of drug-likeness (QED) is 0.509. The number of aliphatic carboxylic acids is 1. The van der Waals surface area contributed by atoms with E-state index in [2.05, 4.69) is 18.8 Å². The largest absolute Gasteiger partial charge is 0.479 e. The second kappa shape index (κ2) is 8.15. The number of rotatable bonds is 8. The summed E-state index contributed by atoms with van der Waals surface area (Å²) >= 11 is 0. The first-order valence-electron chi connectivity index (χ1n) is 5.88. The molecule has 2 nitrogen and oxygen atoms in total. The Morgan fingerprint density at radius 1 is 1.31 bits per heavy atom. The van der Waals surface area contributed by atoms with E-state index in [0.717, 1.165) is 25.7 Å². The van der Waals surface area contributed by atoms with Crippen LogP contribution < -0.4 is 0 Å². The van der Waals surface area contributed by atoms with Gasteiger partial charge in [0.15, 0.2) is 0 Å². The predicted octanol–water partition coefficient (Wildman–Crippen LogP) is 3.55. The van der Waals surface area contributed by atoms with E-state index in [1.54, 1.807) is 6.92 Å². The second-order valence-electron chi connectivity index (χ2n) is 4.04. The molecule has 0 fully saturated rings. The van der Waals surface area contributed by atoms with E-state index in [1.807, 2.05) is 0 Å². The fourth-order valence-electron chi connectivity index (χ4n) is 1.51. The Balaban J connectivity index is 4.01. The van der Waals surface area contributed by atoms with Gasteiger partial charge in [0.25, 0.3) is 0 Å². The first-order valence-corrected chi connectivity index (χ1v) is 5.88. The maximum absolute atomic E-state index is 13.9. The van der Waals surface area contributed by atoms with Gasteiger partial charge in [0.1, 0.15) is 0 Å². The number of carboxylic acid groups (broad SMARTS) is 1. The van der Waals surface area contributed by atoms with Gasteiger partial charge in [-0.2, -0.15) is 0 Å². The summed E-state index contributed by atoms with van der Waals surface area (Å²) in [6, 6.07) is 0. The zero-order valence-electron chi connectivity index (χ0n) is 10.2. The van der Waals surface area contributed by atoms with E-state index in [-0.39, 0.29) is 12.8 Å². The molecule has 0 spiro atoms. The molecule has 0 radical (unpaired) electrons. The summed E-state index contributed by atoms with van der Waals surface area (Å²) in [5.41, 5.74) is -2.16. The molecular formula is C13H21FO2. The number of hydrogen-bond donors (Lipinski definition) is 1. The van der Waals surface area contributed by atoms with E-state index < -0.39 is 11.6 Å². The Hall–Kier alpha value is -1.04. The lowest BCUT2D eigenvalue weighted by atomic mass is 9.94. The van der Waals surface area contributed by atoms with Crippen LogP contribution >= 0.6 is 0 Å². The highest BCUT2D eigenvalue weighted by atomic mass is 19.1. The number of unbranched alkanes of at least 4 members (excludes halogenated alkanes) is 4. The molecule has 0 aliphatic rings. The molecule has 0 aliphatic heterocycles. The minimum Gasteiger partial charge on any atom is -0.479 e. The summed E-state index contributed by atoms with van der Waals surface area (Å²) in [5, 5.41) is 8.82. The second-order valence-corrected chi connectivity index (χ2v) is 4.04. The summed E-state index contributed by atoms with van der Waals surface area (Å²) in [6.07, 6.45) is 4.68. The maximum Gasteiger partial charge on any atom is 0.342 e. The molecule has 1 unspecified atom stereocenters. The molecule has 0 heterocycles. The number of hydrogen-bond acceptors (Lipinski definition) is 1. The third kappa shape index (κ3) is 5.75. The zero-order valence-corrected chi connectivity index (χ0v) is 10.2. The molecule has 16 heavy (non-hydrogen) atoms. The van der Waals surface area contributed by atoms with Crippen LogP contribution in [-0.2, 0) is 4.79 Å². The van der Waals surface area contributed by atoms with Crippen LogP contribution in [0.5, 0.6) is 0 Å². The molecule has 3 heteroatoms. The Kier molecular flexibility index (Phi) is 7.62. The summed E-state index contributed by atoms with van der Waals surface area (Å²) in [4.78, 5) is 10.8. The lowest BCUT2D eigenvalue weighted by molar-refractivity contribution is -0.151. The minimum atomic E-state index is -2.16. The minimum absolute atomic E-state index is 0.0702. The topological polar surface area (TPSA) is 37.3 Å². The molecule has 1 atom stereocenters. The van der Waals surface area contributed by atoms with Crippen LogP contribution in [0, 0.1) is 11.8 Å². The van der Waals surface area contributed by atoms with Crippen molar-refractivity contribution < 1.29 is 14.3 Å². The van der Waals surface area contributed by atoms with Gasteiger partial charge < -0.3 is 5.11 Å². The van der Waals surface area contributed by atoms with Crippen molar-refractivity contribution in [2.45, 2.75) is 64.5 Å². The fraction of sp³-hybridized carbons (Fsp3) is 0.769. The Morgan fingerprint density at radius 3 is 2.44 bits per heavy atom. The van der Waals surface area contributed by atoms with Crippen molar-refractivity contribution in [1.29, 1.82) is 0 Å². The third-order valence-corrected chi connectivity index (χ3v) is 2.61. The summed E-state index contributed by atoms with van der Waals surface area (Å²) in [6.45, 7) is 3.69. The van der Waals surface area contributed by atoms with Gasteiger partial charge in [-0.1, -0.05) is 38.5 Å². The van der Waals surface area contributed by atoms with Crippen LogP contribution in [0.25, 0.3) is 0 Å². The van der Waals surface area contributed by atoms with Crippen molar-refractivity contribution in [3.63, 3.8) is 0 Å². The molecule has 0 aromatic heterocycles. The maximum atomic E-state index is 13.9. The lowest BCUT2D eigenvalue weighted by Crippen LogP contribution is -2.33. The molecule has 1 N–H and O–H groups in total. The molecule has 0 rings (SSSR count). The summed E-state index contributed by atoms with van der Waals surface area (Å²) in [7, 11) is 0. The first kappa shape index (κ1) is 15.0. The number of carbonyl (C=O) groups is 1. The van der Waals surface area contributed by atoms with E-state index in [9.17, 15) is 9.18 Å². The van der Waals surface area contributed by atoms with Crippen LogP contribution in [0.3, 0.4) is 0 Å². The SMILES string of the molecule is CC#CCC(F)(CCCCCCC)C(=O)O. The number of carboxylic acids is 1. The first-order chi connectivity index (χ1) is 7.56. The van der Waals surface area contributed by atoms with Crippen molar-refractivity contribution in [2.24, 2.45) is 0 Å². The normalized spacial score (nSPS) is 13.7. The zero-order chi connectivity index (χ0) is 12.4. The van der Waals surface area contributed by atoms with E-state index in [4.69, 9.17) is 5.11 Å². The van der Waals surface area contributed by atoms with Gasteiger partial charge in [-0.3, -0.25) is 0 Å². The monoisotopic (exact) mass is 228 g/mol. The van der Waals surface area contributed by atoms with E-state index in [0.29, 0.717) is 6.42 Å². The van der Waals surface area contributed by atoms with Crippen LogP contribution in [0.15, 0.2) is 0 Å². The van der Waals surface area contributed by atoms with Crippen molar-refractivity contribution in [3.05, 3.63) is 0 Å². The van der Waals surface area contributed by atoms with E-state index >= 15 is 0 Å². The van der Waals surface area contributed by atoms with Gasteiger partial charge in [-0.25, -0.2) is 9.18 Å². The highest BCUT2D eigenvalue weighted by Crippen LogP contribution is 2.24. The highest BCUT2D eigenvalue weighted by molar-refractivity contribution is 5.77. The Bertz CT molecular complexity index is 265. The lowest BCUT2D eigenvalue weighted by Gasteiger charge is -2.17. The van der Waals surface area contributed by atoms with Gasteiger partial charge >= 0.3 is 5.97 Å². The molecule has 0 saturated heterocycles. The van der Waals surface area contributed by atoms with Crippen LogP contribution in [-0.4, -0.2) is 16.7 Å².